The number of aryl methyl sites for hydroxylation is 1. The van der Waals surface area contributed by atoms with Crippen LogP contribution in [0.5, 0.6) is 0 Å². The predicted molar refractivity (Wildman–Crippen MR) is 104 cm³/mol. The first kappa shape index (κ1) is 19.2. The first-order chi connectivity index (χ1) is 13.0. The van der Waals surface area contributed by atoms with Crippen molar-refractivity contribution in [1.29, 1.82) is 0 Å². The molecule has 7 nitrogen and oxygen atoms in total. The molecule has 144 valence electrons. The van der Waals surface area contributed by atoms with Crippen LogP contribution in [-0.2, 0) is 11.2 Å². The van der Waals surface area contributed by atoms with Gasteiger partial charge in [-0.15, -0.1) is 0 Å². The average molecular weight is 369 g/mol. The summed E-state index contributed by atoms with van der Waals surface area (Å²) >= 11 is 0. The molecule has 0 radical (unpaired) electrons. The van der Waals surface area contributed by atoms with E-state index in [9.17, 15) is 9.59 Å². The predicted octanol–water partition coefficient (Wildman–Crippen LogP) is 1.63. The van der Waals surface area contributed by atoms with Crippen LogP contribution in [0.4, 0.5) is 0 Å². The van der Waals surface area contributed by atoms with Gasteiger partial charge in [0.1, 0.15) is 5.82 Å². The Morgan fingerprint density at radius 1 is 1.37 bits per heavy atom. The number of likely N-dealkylation sites (tertiary alicyclic amines) is 1. The summed E-state index contributed by atoms with van der Waals surface area (Å²) in [6.07, 6.45) is 6.59. The second kappa shape index (κ2) is 8.43. The molecular formula is C20H27N5O2. The third kappa shape index (κ3) is 4.60. The third-order valence-corrected chi connectivity index (χ3v) is 5.01. The van der Waals surface area contributed by atoms with Crippen LogP contribution in [0.1, 0.15) is 30.5 Å². The molecule has 1 N–H and O–H groups in total. The number of aromatic amines is 1. The zero-order chi connectivity index (χ0) is 19.4. The number of pyridine rings is 1. The van der Waals surface area contributed by atoms with Gasteiger partial charge in [-0.05, 0) is 52.4 Å². The Labute approximate surface area is 159 Å². The summed E-state index contributed by atoms with van der Waals surface area (Å²) in [5.41, 5.74) is 1.53. The van der Waals surface area contributed by atoms with Gasteiger partial charge < -0.3 is 14.8 Å². The molecule has 2 aromatic rings. The maximum Gasteiger partial charge on any atom is 0.255 e. The van der Waals surface area contributed by atoms with Crippen LogP contribution in [0.3, 0.4) is 0 Å². The molecule has 0 saturated carbocycles. The fourth-order valence-electron chi connectivity index (χ4n) is 3.65. The number of carbonyl (C=O) groups excluding carboxylic acids is 1. The van der Waals surface area contributed by atoms with Crippen molar-refractivity contribution < 1.29 is 4.79 Å². The number of carbonyl (C=O) groups is 1. The quantitative estimate of drug-likeness (QED) is 0.866. The van der Waals surface area contributed by atoms with E-state index in [1.54, 1.807) is 25.4 Å². The maximum absolute atomic E-state index is 12.9. The van der Waals surface area contributed by atoms with Crippen LogP contribution in [0.15, 0.2) is 29.3 Å². The third-order valence-electron chi connectivity index (χ3n) is 5.01. The van der Waals surface area contributed by atoms with E-state index in [1.165, 1.54) is 0 Å². The summed E-state index contributed by atoms with van der Waals surface area (Å²) in [5.74, 6) is 0.483. The number of H-pyrrole nitrogens is 1. The van der Waals surface area contributed by atoms with E-state index in [1.807, 2.05) is 25.1 Å². The number of hydrogen-bond acceptors (Lipinski definition) is 5. The van der Waals surface area contributed by atoms with E-state index in [-0.39, 0.29) is 23.9 Å². The van der Waals surface area contributed by atoms with Crippen molar-refractivity contribution in [2.45, 2.75) is 38.6 Å². The van der Waals surface area contributed by atoms with Gasteiger partial charge in [0.25, 0.3) is 5.56 Å². The second-order valence-corrected chi connectivity index (χ2v) is 7.40. The highest BCUT2D eigenvalue weighted by molar-refractivity contribution is 5.79. The molecule has 27 heavy (non-hydrogen) atoms. The summed E-state index contributed by atoms with van der Waals surface area (Å²) in [6.45, 7) is 3.39. The molecular weight excluding hydrogens is 342 g/mol. The Balaban J connectivity index is 1.80. The highest BCUT2D eigenvalue weighted by Crippen LogP contribution is 2.19. The molecule has 0 aromatic carbocycles. The number of rotatable bonds is 5. The molecule has 7 heteroatoms. The smallest absolute Gasteiger partial charge is 0.255 e. The highest BCUT2D eigenvalue weighted by atomic mass is 16.2. The van der Waals surface area contributed by atoms with Crippen molar-refractivity contribution in [1.82, 2.24) is 24.8 Å². The van der Waals surface area contributed by atoms with Crippen molar-refractivity contribution >= 4 is 5.91 Å². The summed E-state index contributed by atoms with van der Waals surface area (Å²) in [7, 11) is 4.04. The molecule has 0 aliphatic carbocycles. The van der Waals surface area contributed by atoms with Gasteiger partial charge in [0, 0.05) is 48.3 Å². The van der Waals surface area contributed by atoms with Gasteiger partial charge in [0.05, 0.1) is 6.42 Å². The lowest BCUT2D eigenvalue weighted by Gasteiger charge is -2.37. The highest BCUT2D eigenvalue weighted by Gasteiger charge is 2.28. The van der Waals surface area contributed by atoms with Gasteiger partial charge >= 0.3 is 0 Å². The molecule has 0 spiro atoms. The molecule has 3 rings (SSSR count). The Hall–Kier alpha value is -2.54. The van der Waals surface area contributed by atoms with Gasteiger partial charge in [0.15, 0.2) is 0 Å². The number of piperidine rings is 1. The van der Waals surface area contributed by atoms with E-state index in [4.69, 9.17) is 0 Å². The SMILES string of the molecule is Cc1nc(-c2cccnc2)[nH]c(=O)c1CC(=O)N1CCCCC1CN(C)C. The summed E-state index contributed by atoms with van der Waals surface area (Å²) in [6, 6.07) is 3.85. The van der Waals surface area contributed by atoms with Gasteiger partial charge in [-0.1, -0.05) is 0 Å². The van der Waals surface area contributed by atoms with E-state index < -0.39 is 0 Å². The average Bonchev–Trinajstić information content (AvgIpc) is 2.65. The van der Waals surface area contributed by atoms with Gasteiger partial charge in [-0.2, -0.15) is 0 Å². The molecule has 1 saturated heterocycles. The summed E-state index contributed by atoms with van der Waals surface area (Å²) in [5, 5.41) is 0. The summed E-state index contributed by atoms with van der Waals surface area (Å²) in [4.78, 5) is 41.0. The fraction of sp³-hybridized carbons (Fsp3) is 0.500. The molecule has 1 atom stereocenters. The Bertz CT molecular complexity index is 847. The van der Waals surface area contributed by atoms with Crippen LogP contribution in [0, 0.1) is 6.92 Å². The van der Waals surface area contributed by atoms with Crippen LogP contribution in [-0.4, -0.2) is 63.9 Å². The summed E-state index contributed by atoms with van der Waals surface area (Å²) < 4.78 is 0. The van der Waals surface area contributed by atoms with Crippen molar-refractivity contribution in [3.63, 3.8) is 0 Å². The maximum atomic E-state index is 12.9. The molecule has 2 aromatic heterocycles. The number of nitrogens with zero attached hydrogens (tertiary/aromatic N) is 4. The van der Waals surface area contributed by atoms with Crippen molar-refractivity contribution in [2.75, 3.05) is 27.2 Å². The van der Waals surface area contributed by atoms with Crippen molar-refractivity contribution in [3.05, 3.63) is 46.1 Å². The molecule has 1 unspecified atom stereocenters. The van der Waals surface area contributed by atoms with Crippen LogP contribution in [0.25, 0.3) is 11.4 Å². The first-order valence-corrected chi connectivity index (χ1v) is 9.40. The lowest BCUT2D eigenvalue weighted by molar-refractivity contribution is -0.134. The van der Waals surface area contributed by atoms with Crippen LogP contribution < -0.4 is 5.56 Å². The van der Waals surface area contributed by atoms with Gasteiger partial charge in [-0.3, -0.25) is 14.6 Å². The molecule has 1 aliphatic heterocycles. The van der Waals surface area contributed by atoms with Crippen LogP contribution >= 0.6 is 0 Å². The lowest BCUT2D eigenvalue weighted by Crippen LogP contribution is -2.49. The minimum atomic E-state index is -0.254. The Kier molecular flexibility index (Phi) is 6.01. The number of nitrogens with one attached hydrogen (secondary N) is 1. The molecule has 1 amide bonds. The molecule has 1 aliphatic rings. The fourth-order valence-corrected chi connectivity index (χ4v) is 3.65. The minimum Gasteiger partial charge on any atom is -0.338 e. The van der Waals surface area contributed by atoms with Gasteiger partial charge in [-0.25, -0.2) is 4.98 Å². The Morgan fingerprint density at radius 2 is 2.19 bits per heavy atom. The number of hydrogen-bond donors (Lipinski definition) is 1. The normalized spacial score (nSPS) is 17.3. The molecule has 3 heterocycles. The van der Waals surface area contributed by atoms with Crippen LogP contribution in [0.2, 0.25) is 0 Å². The molecule has 1 fully saturated rings. The zero-order valence-electron chi connectivity index (χ0n) is 16.2. The lowest BCUT2D eigenvalue weighted by atomic mass is 10.00. The monoisotopic (exact) mass is 369 g/mol. The number of likely N-dealkylation sites (N-methyl/N-ethyl adjacent to an activating group) is 1. The largest absolute Gasteiger partial charge is 0.338 e. The van der Waals surface area contributed by atoms with E-state index in [2.05, 4.69) is 19.9 Å². The minimum absolute atomic E-state index is 0.00563. The number of amides is 1. The van der Waals surface area contributed by atoms with E-state index in [0.717, 1.165) is 37.9 Å². The standard InChI is InChI=1S/C20H27N5O2/c1-14-17(20(27)23-19(22-14)15-7-6-9-21-12-15)11-18(26)25-10-5-4-8-16(25)13-24(2)3/h6-7,9,12,16H,4-5,8,10-11,13H2,1-3H3,(H,22,23,27). The van der Waals surface area contributed by atoms with Crippen molar-refractivity contribution in [3.8, 4) is 11.4 Å². The zero-order valence-corrected chi connectivity index (χ0v) is 16.2. The van der Waals surface area contributed by atoms with Gasteiger partial charge in [0.2, 0.25) is 5.91 Å². The van der Waals surface area contributed by atoms with E-state index >= 15 is 0 Å². The molecule has 0 bridgehead atoms. The van der Waals surface area contributed by atoms with E-state index in [0.29, 0.717) is 17.1 Å². The van der Waals surface area contributed by atoms with Crippen molar-refractivity contribution in [2.24, 2.45) is 0 Å². The number of aromatic nitrogens is 3. The Morgan fingerprint density at radius 3 is 2.85 bits per heavy atom. The second-order valence-electron chi connectivity index (χ2n) is 7.40. The first-order valence-electron chi connectivity index (χ1n) is 9.40. The topological polar surface area (TPSA) is 82.2 Å².